The Hall–Kier alpha value is -5.21. The van der Waals surface area contributed by atoms with Gasteiger partial charge in [-0.05, 0) is 70.1 Å². The van der Waals surface area contributed by atoms with Gasteiger partial charge in [-0.25, -0.2) is 4.98 Å². The molecular weight excluding hydrogens is 508 g/mol. The number of rotatable bonds is 3. The summed E-state index contributed by atoms with van der Waals surface area (Å²) >= 11 is 0. The van der Waals surface area contributed by atoms with Gasteiger partial charge in [0.25, 0.3) is 0 Å². The molecule has 2 aromatic heterocycles. The summed E-state index contributed by atoms with van der Waals surface area (Å²) < 4.78 is 2.46. The van der Waals surface area contributed by atoms with E-state index in [4.69, 9.17) is 4.98 Å². The molecule has 2 unspecified atom stereocenters. The number of nitrogens with zero attached hydrogens (tertiary/aromatic N) is 2. The van der Waals surface area contributed by atoms with E-state index < -0.39 is 0 Å². The second kappa shape index (κ2) is 8.89. The summed E-state index contributed by atoms with van der Waals surface area (Å²) in [6, 6.07) is 46.1. The van der Waals surface area contributed by atoms with Crippen molar-refractivity contribution in [3.63, 3.8) is 0 Å². The molecule has 0 saturated carbocycles. The Labute approximate surface area is 245 Å². The van der Waals surface area contributed by atoms with Gasteiger partial charge in [0.2, 0.25) is 0 Å². The number of pyridine rings is 1. The van der Waals surface area contributed by atoms with Crippen LogP contribution in [-0.2, 0) is 0 Å². The first-order chi connectivity index (χ1) is 20.8. The second-order valence-corrected chi connectivity index (χ2v) is 11.6. The molecule has 0 saturated heterocycles. The third-order valence-electron chi connectivity index (χ3n) is 9.27. The number of hydrogen-bond acceptors (Lipinski definition) is 1. The topological polar surface area (TPSA) is 17.8 Å². The smallest absolute Gasteiger partial charge is 0.0709 e. The maximum absolute atomic E-state index is 5.00. The van der Waals surface area contributed by atoms with E-state index in [1.165, 1.54) is 55.3 Å². The van der Waals surface area contributed by atoms with E-state index in [0.29, 0.717) is 11.8 Å². The summed E-state index contributed by atoms with van der Waals surface area (Å²) in [5, 5.41) is 2.76. The highest BCUT2D eigenvalue weighted by atomic mass is 15.0. The van der Waals surface area contributed by atoms with E-state index in [1.807, 2.05) is 6.07 Å². The molecule has 0 N–H and O–H groups in total. The minimum atomic E-state index is 0.335. The zero-order valence-electron chi connectivity index (χ0n) is 23.3. The molecule has 2 aliphatic carbocycles. The van der Waals surface area contributed by atoms with Gasteiger partial charge in [-0.1, -0.05) is 110 Å². The largest absolute Gasteiger partial charge is 0.309 e. The van der Waals surface area contributed by atoms with Crippen molar-refractivity contribution >= 4 is 27.9 Å². The number of aromatic nitrogens is 2. The molecule has 0 bridgehead atoms. The van der Waals surface area contributed by atoms with Gasteiger partial charge in [-0.3, -0.25) is 0 Å². The van der Waals surface area contributed by atoms with Crippen molar-refractivity contribution in [1.29, 1.82) is 0 Å². The van der Waals surface area contributed by atoms with Crippen molar-refractivity contribution in [2.75, 3.05) is 0 Å². The van der Waals surface area contributed by atoms with Crippen LogP contribution in [0.25, 0.3) is 67.2 Å². The Bertz CT molecular complexity index is 2200. The first kappa shape index (κ1) is 23.5. The molecule has 198 valence electrons. The lowest BCUT2D eigenvalue weighted by Gasteiger charge is -2.29. The van der Waals surface area contributed by atoms with E-state index in [9.17, 15) is 0 Å². The molecule has 2 nitrogen and oxygen atoms in total. The van der Waals surface area contributed by atoms with Crippen molar-refractivity contribution < 1.29 is 0 Å². The van der Waals surface area contributed by atoms with Gasteiger partial charge in [0.1, 0.15) is 0 Å². The van der Waals surface area contributed by atoms with Crippen LogP contribution in [0.1, 0.15) is 29.5 Å². The Balaban J connectivity index is 1.26. The van der Waals surface area contributed by atoms with Crippen molar-refractivity contribution in [3.8, 4) is 39.3 Å². The van der Waals surface area contributed by atoms with Gasteiger partial charge in [-0.2, -0.15) is 0 Å². The molecule has 0 spiro atoms. The average Bonchev–Trinajstić information content (AvgIpc) is 3.33. The summed E-state index contributed by atoms with van der Waals surface area (Å²) in [6.07, 6.45) is 4.72. The normalized spacial score (nSPS) is 16.6. The van der Waals surface area contributed by atoms with Crippen LogP contribution >= 0.6 is 0 Å². The first-order valence-electron chi connectivity index (χ1n) is 14.8. The molecule has 2 heterocycles. The summed E-state index contributed by atoms with van der Waals surface area (Å²) in [4.78, 5) is 5.00. The molecule has 42 heavy (non-hydrogen) atoms. The maximum Gasteiger partial charge on any atom is 0.0709 e. The van der Waals surface area contributed by atoms with E-state index in [2.05, 4.69) is 145 Å². The number of benzene rings is 5. The summed E-state index contributed by atoms with van der Waals surface area (Å²) in [5.41, 5.74) is 14.9. The molecule has 5 aromatic carbocycles. The number of allylic oxidation sites excluding steroid dienone is 1. The van der Waals surface area contributed by atoms with Crippen LogP contribution in [0.5, 0.6) is 0 Å². The van der Waals surface area contributed by atoms with Gasteiger partial charge in [0, 0.05) is 33.5 Å². The van der Waals surface area contributed by atoms with E-state index in [0.717, 1.165) is 22.5 Å². The van der Waals surface area contributed by atoms with Crippen molar-refractivity contribution in [1.82, 2.24) is 9.55 Å². The van der Waals surface area contributed by atoms with Gasteiger partial charge < -0.3 is 4.57 Å². The van der Waals surface area contributed by atoms with E-state index >= 15 is 0 Å². The minimum absolute atomic E-state index is 0.335. The predicted octanol–water partition coefficient (Wildman–Crippen LogP) is 10.3. The summed E-state index contributed by atoms with van der Waals surface area (Å²) in [6.45, 7) is 2.36. The predicted molar refractivity (Wildman–Crippen MR) is 175 cm³/mol. The van der Waals surface area contributed by atoms with E-state index in [-0.39, 0.29) is 0 Å². The zero-order chi connectivity index (χ0) is 27.8. The molecule has 2 aliphatic rings. The molecule has 0 amide bonds. The minimum Gasteiger partial charge on any atom is -0.309 e. The average molecular weight is 537 g/mol. The Morgan fingerprint density at radius 1 is 0.571 bits per heavy atom. The van der Waals surface area contributed by atoms with Crippen LogP contribution in [-0.4, -0.2) is 9.55 Å². The molecule has 2 heteroatoms. The van der Waals surface area contributed by atoms with Gasteiger partial charge >= 0.3 is 0 Å². The highest BCUT2D eigenvalue weighted by Gasteiger charge is 2.34. The Kier molecular flexibility index (Phi) is 4.97. The lowest BCUT2D eigenvalue weighted by molar-refractivity contribution is 0.624. The van der Waals surface area contributed by atoms with Crippen LogP contribution in [0.2, 0.25) is 0 Å². The van der Waals surface area contributed by atoms with Crippen LogP contribution in [0.15, 0.2) is 133 Å². The third kappa shape index (κ3) is 3.30. The standard InChI is InChI=1S/C40H28N2/c1-25-17-18-28-21-24-36-40-38(28)37(25)31-12-6-5-11-30(31)32-13-7-16-35(39(32)40)42(36)29-22-19-27(20-23-29)34-15-8-14-33(41-34)26-9-3-2-4-10-26/h2-25,37H,1H3. The first-order valence-corrected chi connectivity index (χ1v) is 14.8. The highest BCUT2D eigenvalue weighted by Crippen LogP contribution is 2.52. The van der Waals surface area contributed by atoms with Crippen LogP contribution in [0.4, 0.5) is 0 Å². The lowest BCUT2D eigenvalue weighted by Crippen LogP contribution is -2.15. The van der Waals surface area contributed by atoms with Crippen molar-refractivity contribution in [3.05, 3.63) is 150 Å². The Morgan fingerprint density at radius 2 is 1.26 bits per heavy atom. The van der Waals surface area contributed by atoms with Gasteiger partial charge in [0.05, 0.1) is 22.4 Å². The quantitative estimate of drug-likeness (QED) is 0.220. The number of fused-ring (bicyclic) bond motifs is 3. The summed E-state index contributed by atoms with van der Waals surface area (Å²) in [5.74, 6) is 0.761. The SMILES string of the molecule is CC1C=Cc2ccc3c4c2C1c1ccccc1-c1cccc(c14)n3-c1ccc(-c2cccc(-c3ccccc3)n2)cc1. The van der Waals surface area contributed by atoms with Crippen LogP contribution in [0.3, 0.4) is 0 Å². The highest BCUT2D eigenvalue weighted by molar-refractivity contribution is 6.19. The van der Waals surface area contributed by atoms with Crippen LogP contribution in [0, 0.1) is 5.92 Å². The maximum atomic E-state index is 5.00. The number of hydrogen-bond donors (Lipinski definition) is 0. The fourth-order valence-corrected chi connectivity index (χ4v) is 7.40. The molecular formula is C40H28N2. The van der Waals surface area contributed by atoms with E-state index in [1.54, 1.807) is 0 Å². The monoisotopic (exact) mass is 536 g/mol. The molecule has 7 aromatic rings. The fourth-order valence-electron chi connectivity index (χ4n) is 7.40. The van der Waals surface area contributed by atoms with Gasteiger partial charge in [0.15, 0.2) is 0 Å². The third-order valence-corrected chi connectivity index (χ3v) is 9.27. The van der Waals surface area contributed by atoms with Crippen molar-refractivity contribution in [2.24, 2.45) is 5.92 Å². The summed E-state index contributed by atoms with van der Waals surface area (Å²) in [7, 11) is 0. The van der Waals surface area contributed by atoms with Gasteiger partial charge in [-0.15, -0.1) is 0 Å². The lowest BCUT2D eigenvalue weighted by atomic mass is 9.74. The second-order valence-electron chi connectivity index (χ2n) is 11.6. The molecule has 2 atom stereocenters. The zero-order valence-corrected chi connectivity index (χ0v) is 23.3. The van der Waals surface area contributed by atoms with Crippen LogP contribution < -0.4 is 0 Å². The molecule has 9 rings (SSSR count). The Morgan fingerprint density at radius 3 is 2.10 bits per heavy atom. The molecule has 0 aliphatic heterocycles. The van der Waals surface area contributed by atoms with Crippen molar-refractivity contribution in [2.45, 2.75) is 12.8 Å². The molecule has 0 fully saturated rings. The fraction of sp³-hybridized carbons (Fsp3) is 0.0750. The molecule has 0 radical (unpaired) electrons.